The SMILES string of the molecule is COc1c(C)cc(Br)c(C)c1C(Br)c1ccc(F)c(F)c1. The Bertz CT molecular complexity index is 686. The highest BCUT2D eigenvalue weighted by Gasteiger charge is 2.22. The fourth-order valence-corrected chi connectivity index (χ4v) is 3.68. The number of aryl methyl sites for hydroxylation is 1. The molecule has 0 radical (unpaired) electrons. The third kappa shape index (κ3) is 3.14. The van der Waals surface area contributed by atoms with Crippen LogP contribution in [0.15, 0.2) is 28.7 Å². The second kappa shape index (κ2) is 6.44. The Labute approximate surface area is 139 Å². The summed E-state index contributed by atoms with van der Waals surface area (Å²) >= 11 is 7.09. The highest BCUT2D eigenvalue weighted by Crippen LogP contribution is 2.43. The van der Waals surface area contributed by atoms with Crippen molar-refractivity contribution in [2.45, 2.75) is 18.7 Å². The van der Waals surface area contributed by atoms with Crippen LogP contribution in [0.5, 0.6) is 5.75 Å². The molecule has 0 bridgehead atoms. The molecule has 5 heteroatoms. The summed E-state index contributed by atoms with van der Waals surface area (Å²) in [6, 6.07) is 5.87. The number of methoxy groups -OCH3 is 1. The minimum Gasteiger partial charge on any atom is -0.496 e. The number of rotatable bonds is 3. The van der Waals surface area contributed by atoms with Crippen LogP contribution in [0, 0.1) is 25.5 Å². The monoisotopic (exact) mass is 418 g/mol. The van der Waals surface area contributed by atoms with Crippen LogP contribution in [0.4, 0.5) is 8.78 Å². The number of halogens is 4. The molecule has 0 aliphatic rings. The maximum absolute atomic E-state index is 13.5. The molecule has 2 aromatic rings. The molecule has 0 saturated carbocycles. The Morgan fingerprint density at radius 3 is 2.33 bits per heavy atom. The predicted molar refractivity (Wildman–Crippen MR) is 87.3 cm³/mol. The maximum atomic E-state index is 13.5. The van der Waals surface area contributed by atoms with Crippen LogP contribution in [0.3, 0.4) is 0 Å². The molecule has 21 heavy (non-hydrogen) atoms. The molecule has 2 rings (SSSR count). The van der Waals surface area contributed by atoms with Gasteiger partial charge < -0.3 is 4.74 Å². The van der Waals surface area contributed by atoms with E-state index in [2.05, 4.69) is 31.9 Å². The fourth-order valence-electron chi connectivity index (χ4n) is 2.29. The minimum atomic E-state index is -0.861. The second-order valence-corrected chi connectivity index (χ2v) is 6.55. The molecule has 0 N–H and O–H groups in total. The lowest BCUT2D eigenvalue weighted by molar-refractivity contribution is 0.406. The Hall–Kier alpha value is -0.940. The van der Waals surface area contributed by atoms with Gasteiger partial charge in [0.2, 0.25) is 0 Å². The summed E-state index contributed by atoms with van der Waals surface area (Å²) in [6.07, 6.45) is 0. The fraction of sp³-hybridized carbons (Fsp3) is 0.250. The van der Waals surface area contributed by atoms with Crippen molar-refractivity contribution in [1.29, 1.82) is 0 Å². The zero-order chi connectivity index (χ0) is 15.7. The highest BCUT2D eigenvalue weighted by atomic mass is 79.9. The molecule has 2 aromatic carbocycles. The molecule has 1 unspecified atom stereocenters. The first-order valence-corrected chi connectivity index (χ1v) is 8.00. The molecule has 0 amide bonds. The molecule has 0 saturated heterocycles. The normalized spacial score (nSPS) is 12.3. The zero-order valence-electron chi connectivity index (χ0n) is 11.8. The van der Waals surface area contributed by atoms with Gasteiger partial charge in [0, 0.05) is 10.0 Å². The smallest absolute Gasteiger partial charge is 0.159 e. The van der Waals surface area contributed by atoms with E-state index >= 15 is 0 Å². The van der Waals surface area contributed by atoms with Gasteiger partial charge in [0.05, 0.1) is 11.9 Å². The van der Waals surface area contributed by atoms with Crippen LogP contribution in [0.2, 0.25) is 0 Å². The van der Waals surface area contributed by atoms with Crippen molar-refractivity contribution in [2.24, 2.45) is 0 Å². The average Bonchev–Trinajstić information content (AvgIpc) is 2.44. The summed E-state index contributed by atoms with van der Waals surface area (Å²) in [6.45, 7) is 3.90. The van der Waals surface area contributed by atoms with Crippen molar-refractivity contribution in [3.05, 3.63) is 62.6 Å². The van der Waals surface area contributed by atoms with Gasteiger partial charge in [-0.25, -0.2) is 8.78 Å². The van der Waals surface area contributed by atoms with Gasteiger partial charge in [0.15, 0.2) is 11.6 Å². The molecule has 1 atom stereocenters. The molecule has 0 heterocycles. The van der Waals surface area contributed by atoms with Gasteiger partial charge >= 0.3 is 0 Å². The largest absolute Gasteiger partial charge is 0.496 e. The Kier molecular flexibility index (Phi) is 5.04. The molecule has 0 aromatic heterocycles. The Morgan fingerprint density at radius 2 is 1.76 bits per heavy atom. The van der Waals surface area contributed by atoms with Crippen LogP contribution < -0.4 is 4.74 Å². The van der Waals surface area contributed by atoms with E-state index in [0.29, 0.717) is 5.56 Å². The highest BCUT2D eigenvalue weighted by molar-refractivity contribution is 9.10. The van der Waals surface area contributed by atoms with Crippen molar-refractivity contribution < 1.29 is 13.5 Å². The molecule has 112 valence electrons. The maximum Gasteiger partial charge on any atom is 0.159 e. The van der Waals surface area contributed by atoms with Crippen LogP contribution in [0.25, 0.3) is 0 Å². The van der Waals surface area contributed by atoms with Crippen molar-refractivity contribution in [1.82, 2.24) is 0 Å². The lowest BCUT2D eigenvalue weighted by Gasteiger charge is -2.20. The van der Waals surface area contributed by atoms with E-state index in [1.807, 2.05) is 19.9 Å². The van der Waals surface area contributed by atoms with E-state index < -0.39 is 11.6 Å². The Balaban J connectivity index is 2.62. The third-order valence-electron chi connectivity index (χ3n) is 3.40. The predicted octanol–water partition coefficient (Wildman–Crippen LogP) is 5.84. The first kappa shape index (κ1) is 16.4. The van der Waals surface area contributed by atoms with Gasteiger partial charge in [-0.15, -0.1) is 0 Å². The van der Waals surface area contributed by atoms with Crippen molar-refractivity contribution in [3.8, 4) is 5.75 Å². The van der Waals surface area contributed by atoms with E-state index in [1.165, 1.54) is 6.07 Å². The lowest BCUT2D eigenvalue weighted by Crippen LogP contribution is -2.03. The molecular formula is C16H14Br2F2O. The summed E-state index contributed by atoms with van der Waals surface area (Å²) in [5.74, 6) is -0.977. The summed E-state index contributed by atoms with van der Waals surface area (Å²) in [5.41, 5.74) is 3.49. The van der Waals surface area contributed by atoms with Gasteiger partial charge in [-0.2, -0.15) is 0 Å². The number of benzene rings is 2. The first-order valence-electron chi connectivity index (χ1n) is 6.29. The summed E-state index contributed by atoms with van der Waals surface area (Å²) < 4.78 is 33.0. The van der Waals surface area contributed by atoms with Crippen molar-refractivity contribution in [2.75, 3.05) is 7.11 Å². The van der Waals surface area contributed by atoms with Crippen molar-refractivity contribution >= 4 is 31.9 Å². The summed E-state index contributed by atoms with van der Waals surface area (Å²) in [7, 11) is 1.60. The minimum absolute atomic E-state index is 0.293. The van der Waals surface area contributed by atoms with Gasteiger partial charge in [-0.3, -0.25) is 0 Å². The van der Waals surface area contributed by atoms with Gasteiger partial charge in [-0.1, -0.05) is 37.9 Å². The van der Waals surface area contributed by atoms with Crippen LogP contribution in [-0.4, -0.2) is 7.11 Å². The number of alkyl halides is 1. The van der Waals surface area contributed by atoms with E-state index in [4.69, 9.17) is 4.74 Å². The summed E-state index contributed by atoms with van der Waals surface area (Å²) in [5, 5.41) is 0. The molecule has 0 fully saturated rings. The second-order valence-electron chi connectivity index (χ2n) is 4.78. The van der Waals surface area contributed by atoms with Crippen molar-refractivity contribution in [3.63, 3.8) is 0 Å². The third-order valence-corrected chi connectivity index (χ3v) is 5.21. The quantitative estimate of drug-likeness (QED) is 0.568. The lowest BCUT2D eigenvalue weighted by atomic mass is 9.97. The first-order chi connectivity index (χ1) is 9.86. The zero-order valence-corrected chi connectivity index (χ0v) is 15.0. The Morgan fingerprint density at radius 1 is 1.10 bits per heavy atom. The topological polar surface area (TPSA) is 9.23 Å². The molecular weight excluding hydrogens is 406 g/mol. The average molecular weight is 420 g/mol. The van der Waals surface area contributed by atoms with Crippen LogP contribution >= 0.6 is 31.9 Å². The summed E-state index contributed by atoms with van der Waals surface area (Å²) in [4.78, 5) is -0.293. The van der Waals surface area contributed by atoms with Gasteiger partial charge in [-0.05, 0) is 48.7 Å². The van der Waals surface area contributed by atoms with Crippen LogP contribution in [0.1, 0.15) is 27.1 Å². The molecule has 0 spiro atoms. The van der Waals surface area contributed by atoms with E-state index in [1.54, 1.807) is 13.2 Å². The van der Waals surface area contributed by atoms with Crippen LogP contribution in [-0.2, 0) is 0 Å². The van der Waals surface area contributed by atoms with E-state index in [-0.39, 0.29) is 4.83 Å². The molecule has 0 aliphatic carbocycles. The van der Waals surface area contributed by atoms with E-state index in [9.17, 15) is 8.78 Å². The van der Waals surface area contributed by atoms with E-state index in [0.717, 1.165) is 33.0 Å². The number of hydrogen-bond acceptors (Lipinski definition) is 1. The number of hydrogen-bond donors (Lipinski definition) is 0. The molecule has 0 aliphatic heterocycles. The standard InChI is InChI=1S/C16H14Br2F2O/c1-8-6-11(17)9(2)14(16(8)21-3)15(18)10-4-5-12(19)13(20)7-10/h4-7,15H,1-3H3. The van der Waals surface area contributed by atoms with Gasteiger partial charge in [0.1, 0.15) is 5.75 Å². The van der Waals surface area contributed by atoms with Gasteiger partial charge in [0.25, 0.3) is 0 Å². The molecule has 1 nitrogen and oxygen atoms in total. The number of ether oxygens (including phenoxy) is 1.